The summed E-state index contributed by atoms with van der Waals surface area (Å²) in [5.41, 5.74) is 5.48. The van der Waals surface area contributed by atoms with Crippen LogP contribution in [0.4, 0.5) is 4.39 Å². The van der Waals surface area contributed by atoms with E-state index in [4.69, 9.17) is 0 Å². The largest absolute Gasteiger partial charge is 0.305 e. The van der Waals surface area contributed by atoms with Crippen molar-refractivity contribution in [1.82, 2.24) is 10.3 Å². The molecule has 2 rings (SSSR count). The van der Waals surface area contributed by atoms with Gasteiger partial charge in [-0.25, -0.2) is 9.37 Å². The average molecular weight is 278 g/mol. The smallest absolute Gasteiger partial charge is 0.129 e. The number of nitrogens with zero attached hydrogens (tertiary/aromatic N) is 1. The summed E-state index contributed by atoms with van der Waals surface area (Å²) >= 11 is 1.67. The van der Waals surface area contributed by atoms with Crippen molar-refractivity contribution in [2.45, 2.75) is 40.3 Å². The maximum Gasteiger partial charge on any atom is 0.129 e. The van der Waals surface area contributed by atoms with Gasteiger partial charge in [0.15, 0.2) is 0 Å². The summed E-state index contributed by atoms with van der Waals surface area (Å²) in [5.74, 6) is -0.102. The second kappa shape index (κ2) is 5.80. The van der Waals surface area contributed by atoms with Gasteiger partial charge in [0.05, 0.1) is 11.2 Å². The number of aromatic nitrogens is 1. The van der Waals surface area contributed by atoms with Gasteiger partial charge in [-0.2, -0.15) is 0 Å². The summed E-state index contributed by atoms with van der Waals surface area (Å²) in [4.78, 5) is 5.52. The first-order valence-corrected chi connectivity index (χ1v) is 7.26. The van der Waals surface area contributed by atoms with Gasteiger partial charge in [-0.05, 0) is 44.4 Å². The quantitative estimate of drug-likeness (QED) is 0.912. The van der Waals surface area contributed by atoms with Crippen LogP contribution in [0, 0.1) is 26.6 Å². The lowest BCUT2D eigenvalue weighted by molar-refractivity contribution is 0.574. The fraction of sp³-hybridized carbons (Fsp3) is 0.400. The fourth-order valence-electron chi connectivity index (χ4n) is 2.23. The van der Waals surface area contributed by atoms with Crippen molar-refractivity contribution in [1.29, 1.82) is 0 Å². The molecule has 0 saturated heterocycles. The molecule has 0 bridgehead atoms. The van der Waals surface area contributed by atoms with E-state index in [2.05, 4.69) is 17.2 Å². The lowest BCUT2D eigenvalue weighted by atomic mass is 10.1. The molecular formula is C15H19FN2S. The van der Waals surface area contributed by atoms with E-state index in [1.807, 2.05) is 38.4 Å². The van der Waals surface area contributed by atoms with Crippen molar-refractivity contribution in [2.24, 2.45) is 0 Å². The summed E-state index contributed by atoms with van der Waals surface area (Å²) in [6.45, 7) is 8.51. The summed E-state index contributed by atoms with van der Waals surface area (Å²) in [7, 11) is 0. The standard InChI is InChI=1S/C15H19FN2S/c1-9-5-13(6-10(2)14(9)16)7-17-11(3)15-12(4)18-8-19-15/h5-6,8,11,17H,7H2,1-4H3. The molecule has 2 aromatic rings. The molecule has 2 nitrogen and oxygen atoms in total. The Morgan fingerprint density at radius 2 is 1.89 bits per heavy atom. The number of thiazole rings is 1. The first-order valence-electron chi connectivity index (χ1n) is 6.38. The molecule has 1 aromatic carbocycles. The zero-order valence-corrected chi connectivity index (χ0v) is 12.6. The van der Waals surface area contributed by atoms with Crippen LogP contribution in [0.5, 0.6) is 0 Å². The zero-order chi connectivity index (χ0) is 14.0. The van der Waals surface area contributed by atoms with Gasteiger partial charge < -0.3 is 5.32 Å². The second-order valence-corrected chi connectivity index (χ2v) is 5.83. The Balaban J connectivity index is 2.05. The van der Waals surface area contributed by atoms with Crippen molar-refractivity contribution in [2.75, 3.05) is 0 Å². The lowest BCUT2D eigenvalue weighted by Crippen LogP contribution is -2.18. The van der Waals surface area contributed by atoms with Crippen LogP contribution in [-0.4, -0.2) is 4.98 Å². The van der Waals surface area contributed by atoms with Crippen molar-refractivity contribution >= 4 is 11.3 Å². The van der Waals surface area contributed by atoms with E-state index in [0.717, 1.165) is 17.8 Å². The van der Waals surface area contributed by atoms with E-state index in [1.54, 1.807) is 11.3 Å². The highest BCUT2D eigenvalue weighted by Crippen LogP contribution is 2.22. The second-order valence-electron chi connectivity index (χ2n) is 4.95. The van der Waals surface area contributed by atoms with Crippen LogP contribution in [0.15, 0.2) is 17.6 Å². The average Bonchev–Trinajstić information content (AvgIpc) is 2.79. The highest BCUT2D eigenvalue weighted by molar-refractivity contribution is 7.09. The maximum absolute atomic E-state index is 13.6. The number of aryl methyl sites for hydroxylation is 3. The number of halogens is 1. The molecule has 0 aliphatic carbocycles. The Labute approximate surface area is 117 Å². The van der Waals surface area contributed by atoms with E-state index >= 15 is 0 Å². The molecule has 19 heavy (non-hydrogen) atoms. The minimum absolute atomic E-state index is 0.102. The fourth-order valence-corrected chi connectivity index (χ4v) is 3.06. The molecule has 0 fully saturated rings. The van der Waals surface area contributed by atoms with Crippen molar-refractivity contribution < 1.29 is 4.39 Å². The van der Waals surface area contributed by atoms with Crippen molar-refractivity contribution in [3.05, 3.63) is 50.7 Å². The molecule has 0 radical (unpaired) electrons. The van der Waals surface area contributed by atoms with Gasteiger partial charge in [0, 0.05) is 17.5 Å². The first-order chi connectivity index (χ1) is 8.99. The van der Waals surface area contributed by atoms with E-state index in [1.165, 1.54) is 4.88 Å². The minimum Gasteiger partial charge on any atom is -0.305 e. The van der Waals surface area contributed by atoms with Gasteiger partial charge in [0.1, 0.15) is 5.82 Å². The molecular weight excluding hydrogens is 259 g/mol. The van der Waals surface area contributed by atoms with E-state index < -0.39 is 0 Å². The third-order valence-electron chi connectivity index (χ3n) is 3.28. The first kappa shape index (κ1) is 14.2. The molecule has 0 amide bonds. The monoisotopic (exact) mass is 278 g/mol. The molecule has 0 aliphatic rings. The molecule has 1 atom stereocenters. The molecule has 0 aliphatic heterocycles. The molecule has 1 unspecified atom stereocenters. The Bertz CT molecular complexity index is 554. The number of nitrogens with one attached hydrogen (secondary N) is 1. The van der Waals surface area contributed by atoms with Gasteiger partial charge in [-0.1, -0.05) is 12.1 Å². The highest BCUT2D eigenvalue weighted by atomic mass is 32.1. The van der Waals surface area contributed by atoms with E-state index in [0.29, 0.717) is 11.1 Å². The van der Waals surface area contributed by atoms with Gasteiger partial charge in [-0.3, -0.25) is 0 Å². The molecule has 4 heteroatoms. The van der Waals surface area contributed by atoms with Crippen LogP contribution in [-0.2, 0) is 6.54 Å². The number of rotatable bonds is 4. The Morgan fingerprint density at radius 1 is 1.26 bits per heavy atom. The molecule has 1 N–H and O–H groups in total. The number of benzene rings is 1. The van der Waals surface area contributed by atoms with Crippen LogP contribution >= 0.6 is 11.3 Å². The topological polar surface area (TPSA) is 24.9 Å². The van der Waals surface area contributed by atoms with Gasteiger partial charge in [0.25, 0.3) is 0 Å². The molecule has 1 heterocycles. The molecule has 0 spiro atoms. The molecule has 102 valence electrons. The van der Waals surface area contributed by atoms with Crippen LogP contribution in [0.3, 0.4) is 0 Å². The maximum atomic E-state index is 13.6. The molecule has 0 saturated carbocycles. The SMILES string of the molecule is Cc1cc(CNC(C)c2scnc2C)cc(C)c1F. The van der Waals surface area contributed by atoms with Gasteiger partial charge in [0.2, 0.25) is 0 Å². The van der Waals surface area contributed by atoms with Crippen LogP contribution in [0.2, 0.25) is 0 Å². The normalized spacial score (nSPS) is 12.7. The third kappa shape index (κ3) is 3.19. The minimum atomic E-state index is -0.102. The number of hydrogen-bond acceptors (Lipinski definition) is 3. The lowest BCUT2D eigenvalue weighted by Gasteiger charge is -2.14. The summed E-state index contributed by atoms with van der Waals surface area (Å²) in [6, 6.07) is 4.07. The molecule has 1 aromatic heterocycles. The summed E-state index contributed by atoms with van der Waals surface area (Å²) in [6.07, 6.45) is 0. The van der Waals surface area contributed by atoms with E-state index in [-0.39, 0.29) is 11.9 Å². The predicted octanol–water partition coefficient (Wildman–Crippen LogP) is 4.06. The third-order valence-corrected chi connectivity index (χ3v) is 4.40. The Kier molecular flexibility index (Phi) is 4.32. The van der Waals surface area contributed by atoms with Crippen LogP contribution in [0.25, 0.3) is 0 Å². The summed E-state index contributed by atoms with van der Waals surface area (Å²) < 4.78 is 13.6. The Hall–Kier alpha value is -1.26. The number of hydrogen-bond donors (Lipinski definition) is 1. The van der Waals surface area contributed by atoms with Crippen LogP contribution < -0.4 is 5.32 Å². The highest BCUT2D eigenvalue weighted by Gasteiger charge is 2.11. The van der Waals surface area contributed by atoms with Gasteiger partial charge >= 0.3 is 0 Å². The van der Waals surface area contributed by atoms with Crippen molar-refractivity contribution in [3.63, 3.8) is 0 Å². The van der Waals surface area contributed by atoms with Crippen LogP contribution in [0.1, 0.15) is 40.2 Å². The van der Waals surface area contributed by atoms with Crippen molar-refractivity contribution in [3.8, 4) is 0 Å². The Morgan fingerprint density at radius 3 is 2.42 bits per heavy atom. The van der Waals surface area contributed by atoms with E-state index in [9.17, 15) is 4.39 Å². The predicted molar refractivity (Wildman–Crippen MR) is 78.0 cm³/mol. The van der Waals surface area contributed by atoms with Gasteiger partial charge in [-0.15, -0.1) is 11.3 Å². The summed E-state index contributed by atoms with van der Waals surface area (Å²) in [5, 5.41) is 3.46. The zero-order valence-electron chi connectivity index (χ0n) is 11.7.